The van der Waals surface area contributed by atoms with Crippen molar-refractivity contribution < 1.29 is 0 Å². The van der Waals surface area contributed by atoms with Crippen LogP contribution in [0, 0.1) is 0 Å². The minimum absolute atomic E-state index is 0.0663. The number of hydrogen-bond donors (Lipinski definition) is 2. The number of hydrogen-bond acceptors (Lipinski definition) is 7. The normalized spacial score (nSPS) is 18.8. The maximum absolute atomic E-state index is 11.9. The van der Waals surface area contributed by atoms with Gasteiger partial charge in [-0.2, -0.15) is 0 Å². The fraction of sp³-hybridized carbons (Fsp3) is 0.300. The summed E-state index contributed by atoms with van der Waals surface area (Å²) in [6.45, 7) is 0. The van der Waals surface area contributed by atoms with Crippen molar-refractivity contribution in [2.24, 2.45) is 0 Å². The summed E-state index contributed by atoms with van der Waals surface area (Å²) in [5.74, 6) is 1.64. The monoisotopic (exact) mass is 394 g/mol. The number of anilines is 2. The Morgan fingerprint density at radius 1 is 0.964 bits per heavy atom. The second-order valence-corrected chi connectivity index (χ2v) is 7.58. The van der Waals surface area contributed by atoms with Crippen LogP contribution in [-0.4, -0.2) is 37.9 Å². The van der Waals surface area contributed by atoms with E-state index in [1.165, 1.54) is 6.07 Å². The van der Waals surface area contributed by atoms with Crippen molar-refractivity contribution in [2.75, 3.05) is 16.9 Å². The Morgan fingerprint density at radius 3 is 2.39 bits per heavy atom. The number of thioether (sulfide) groups is 1. The van der Waals surface area contributed by atoms with E-state index in [0.717, 1.165) is 41.6 Å². The first-order valence-electron chi connectivity index (χ1n) is 9.24. The van der Waals surface area contributed by atoms with E-state index >= 15 is 0 Å². The summed E-state index contributed by atoms with van der Waals surface area (Å²) in [4.78, 5) is 25.1. The summed E-state index contributed by atoms with van der Waals surface area (Å²) >= 11 is 1.58. The van der Waals surface area contributed by atoms with Crippen LogP contribution >= 0.6 is 11.8 Å². The summed E-state index contributed by atoms with van der Waals surface area (Å²) in [7, 11) is 0. The second-order valence-electron chi connectivity index (χ2n) is 6.75. The zero-order valence-corrected chi connectivity index (χ0v) is 16.4. The zero-order chi connectivity index (χ0) is 19.3. The highest BCUT2D eigenvalue weighted by Gasteiger charge is 2.25. The lowest BCUT2D eigenvalue weighted by Crippen LogP contribution is -2.21. The van der Waals surface area contributed by atoms with Crippen molar-refractivity contribution >= 4 is 23.4 Å². The van der Waals surface area contributed by atoms with E-state index in [2.05, 4.69) is 25.6 Å². The molecule has 0 aromatic carbocycles. The maximum atomic E-state index is 11.9. The van der Waals surface area contributed by atoms with Gasteiger partial charge < -0.3 is 10.6 Å². The van der Waals surface area contributed by atoms with Crippen LogP contribution in [0.4, 0.5) is 11.6 Å². The van der Waals surface area contributed by atoms with E-state index in [-0.39, 0.29) is 5.56 Å². The van der Waals surface area contributed by atoms with E-state index in [0.29, 0.717) is 12.1 Å². The summed E-state index contributed by atoms with van der Waals surface area (Å²) in [5.41, 5.74) is 0.692. The average molecular weight is 395 g/mol. The maximum Gasteiger partial charge on any atom is 0.255 e. The summed E-state index contributed by atoms with van der Waals surface area (Å²) < 4.78 is 1.58. The van der Waals surface area contributed by atoms with Crippen LogP contribution in [0.5, 0.6) is 0 Å². The predicted molar refractivity (Wildman–Crippen MR) is 112 cm³/mol. The summed E-state index contributed by atoms with van der Waals surface area (Å²) in [6.07, 6.45) is 12.2. The molecular weight excluding hydrogens is 372 g/mol. The molecule has 0 bridgehead atoms. The Morgan fingerprint density at radius 2 is 1.75 bits per heavy atom. The molecule has 4 rings (SSSR count). The average Bonchev–Trinajstić information content (AvgIpc) is 3.16. The first-order chi connectivity index (χ1) is 13.7. The van der Waals surface area contributed by atoms with Gasteiger partial charge in [-0.05, 0) is 43.7 Å². The second kappa shape index (κ2) is 8.43. The highest BCUT2D eigenvalue weighted by Crippen LogP contribution is 2.25. The number of rotatable bonds is 6. The van der Waals surface area contributed by atoms with Crippen LogP contribution in [0.1, 0.15) is 19.3 Å². The summed E-state index contributed by atoms with van der Waals surface area (Å²) in [5, 5.41) is 7.87. The van der Waals surface area contributed by atoms with Crippen LogP contribution in [0.15, 0.2) is 64.9 Å². The minimum atomic E-state index is -0.0663. The molecule has 2 N–H and O–H groups in total. The van der Waals surface area contributed by atoms with Gasteiger partial charge in [0.1, 0.15) is 16.7 Å². The van der Waals surface area contributed by atoms with Gasteiger partial charge in [-0.25, -0.2) is 15.0 Å². The molecule has 1 aliphatic carbocycles. The molecule has 0 saturated heterocycles. The molecule has 8 heteroatoms. The molecule has 1 aliphatic rings. The molecule has 3 aromatic heterocycles. The van der Waals surface area contributed by atoms with Crippen LogP contribution in [0.3, 0.4) is 0 Å². The molecule has 3 heterocycles. The molecule has 1 fully saturated rings. The van der Waals surface area contributed by atoms with Gasteiger partial charge in [0, 0.05) is 24.3 Å². The SMILES string of the molecule is CSc1cnc(N[C@H]2CC[C@H](Nc3ccc(-n4ccccc4=O)cn3)C2)cn1. The fourth-order valence-corrected chi connectivity index (χ4v) is 3.73. The van der Waals surface area contributed by atoms with Gasteiger partial charge in [0.25, 0.3) is 5.56 Å². The lowest BCUT2D eigenvalue weighted by molar-refractivity contribution is 0.719. The smallest absolute Gasteiger partial charge is 0.255 e. The molecule has 3 aromatic rings. The highest BCUT2D eigenvalue weighted by molar-refractivity contribution is 7.98. The van der Waals surface area contributed by atoms with E-state index in [9.17, 15) is 4.79 Å². The lowest BCUT2D eigenvalue weighted by Gasteiger charge is -2.16. The van der Waals surface area contributed by atoms with Crippen molar-refractivity contribution in [3.8, 4) is 5.69 Å². The van der Waals surface area contributed by atoms with Gasteiger partial charge in [0.15, 0.2) is 0 Å². The van der Waals surface area contributed by atoms with Gasteiger partial charge in [0.2, 0.25) is 0 Å². The van der Waals surface area contributed by atoms with Gasteiger partial charge in [-0.1, -0.05) is 6.07 Å². The third-order valence-corrected chi connectivity index (χ3v) is 5.45. The zero-order valence-electron chi connectivity index (χ0n) is 15.6. The van der Waals surface area contributed by atoms with Crippen molar-refractivity contribution in [3.63, 3.8) is 0 Å². The van der Waals surface area contributed by atoms with E-state index < -0.39 is 0 Å². The van der Waals surface area contributed by atoms with Crippen molar-refractivity contribution in [3.05, 3.63) is 65.5 Å². The standard InChI is InChI=1S/C20H22N6OS/c1-28-19-13-22-18(12-23-19)25-15-6-5-14(10-15)24-17-8-7-16(11-21-17)26-9-3-2-4-20(26)27/h2-4,7-9,11-15H,5-6,10H2,1H3,(H,21,24)(H,22,25)/t14-,15-/m0/s1. The third-order valence-electron chi connectivity index (χ3n) is 4.82. The first kappa shape index (κ1) is 18.5. The van der Waals surface area contributed by atoms with Crippen LogP contribution < -0.4 is 16.2 Å². The highest BCUT2D eigenvalue weighted by atomic mass is 32.2. The molecule has 0 spiro atoms. The van der Waals surface area contributed by atoms with Crippen molar-refractivity contribution in [1.29, 1.82) is 0 Å². The van der Waals surface area contributed by atoms with Crippen molar-refractivity contribution in [2.45, 2.75) is 36.4 Å². The molecule has 0 aliphatic heterocycles. The molecule has 28 heavy (non-hydrogen) atoms. The Balaban J connectivity index is 1.34. The van der Waals surface area contributed by atoms with E-state index in [1.807, 2.05) is 24.5 Å². The topological polar surface area (TPSA) is 84.7 Å². The molecule has 0 amide bonds. The quantitative estimate of drug-likeness (QED) is 0.621. The Bertz CT molecular complexity index is 973. The number of nitrogens with zero attached hydrogens (tertiary/aromatic N) is 4. The van der Waals surface area contributed by atoms with Crippen LogP contribution in [0.2, 0.25) is 0 Å². The Kier molecular flexibility index (Phi) is 5.57. The van der Waals surface area contributed by atoms with Crippen molar-refractivity contribution in [1.82, 2.24) is 19.5 Å². The van der Waals surface area contributed by atoms with Crippen LogP contribution in [-0.2, 0) is 0 Å². The Hall–Kier alpha value is -2.87. The Labute approximate surface area is 167 Å². The molecule has 2 atom stereocenters. The van der Waals surface area contributed by atoms with Gasteiger partial charge in [-0.15, -0.1) is 11.8 Å². The molecule has 0 radical (unpaired) electrons. The molecule has 144 valence electrons. The lowest BCUT2D eigenvalue weighted by atomic mass is 10.2. The third kappa shape index (κ3) is 4.33. The number of nitrogens with one attached hydrogen (secondary N) is 2. The minimum Gasteiger partial charge on any atom is -0.367 e. The van der Waals surface area contributed by atoms with Gasteiger partial charge in [0.05, 0.1) is 24.3 Å². The fourth-order valence-electron chi connectivity index (χ4n) is 3.41. The summed E-state index contributed by atoms with van der Waals surface area (Å²) in [6, 6.07) is 9.65. The first-order valence-corrected chi connectivity index (χ1v) is 10.5. The number of aromatic nitrogens is 4. The van der Waals surface area contributed by atoms with Crippen LogP contribution in [0.25, 0.3) is 5.69 Å². The van der Waals surface area contributed by atoms with E-state index in [1.54, 1.807) is 47.2 Å². The van der Waals surface area contributed by atoms with E-state index in [4.69, 9.17) is 0 Å². The largest absolute Gasteiger partial charge is 0.367 e. The molecule has 0 unspecified atom stereocenters. The van der Waals surface area contributed by atoms with Gasteiger partial charge in [-0.3, -0.25) is 9.36 Å². The molecule has 1 saturated carbocycles. The predicted octanol–water partition coefficient (Wildman–Crippen LogP) is 3.19. The number of pyridine rings is 2. The van der Waals surface area contributed by atoms with Gasteiger partial charge >= 0.3 is 0 Å². The molecule has 7 nitrogen and oxygen atoms in total. The molecular formula is C20H22N6OS.